The van der Waals surface area contributed by atoms with Gasteiger partial charge in [0.05, 0.1) is 0 Å². The smallest absolute Gasteiger partial charge is 0.251 e. The molecular weight excluding hydrogens is 344 g/mol. The quantitative estimate of drug-likeness (QED) is 0.849. The third-order valence-electron chi connectivity index (χ3n) is 6.99. The number of carbonyl (C=O) groups is 1. The molecule has 2 aliphatic carbocycles. The molecule has 28 heavy (non-hydrogen) atoms. The van der Waals surface area contributed by atoms with Gasteiger partial charge < -0.3 is 10.2 Å². The van der Waals surface area contributed by atoms with Crippen LogP contribution in [0.3, 0.4) is 0 Å². The van der Waals surface area contributed by atoms with Crippen LogP contribution < -0.4 is 5.32 Å². The molecule has 0 radical (unpaired) electrons. The Bertz CT molecular complexity index is 847. The van der Waals surface area contributed by atoms with Crippen LogP contribution in [0.15, 0.2) is 42.5 Å². The fourth-order valence-electron chi connectivity index (χ4n) is 4.97. The molecule has 1 saturated heterocycles. The number of hydrogen-bond acceptors (Lipinski definition) is 2. The predicted molar refractivity (Wildman–Crippen MR) is 114 cm³/mol. The fourth-order valence-corrected chi connectivity index (χ4v) is 4.97. The highest BCUT2D eigenvalue weighted by atomic mass is 16.1. The Hall–Kier alpha value is -2.13. The number of likely N-dealkylation sites (tertiary alicyclic amines) is 1. The maximum Gasteiger partial charge on any atom is 0.251 e. The second kappa shape index (κ2) is 7.71. The molecule has 0 spiro atoms. The molecular formula is C25H30N2O. The molecule has 3 aliphatic rings. The lowest BCUT2D eigenvalue weighted by atomic mass is 9.85. The van der Waals surface area contributed by atoms with Crippen LogP contribution in [0.4, 0.5) is 0 Å². The minimum atomic E-state index is 0.0645. The predicted octanol–water partition coefficient (Wildman–Crippen LogP) is 4.59. The van der Waals surface area contributed by atoms with Gasteiger partial charge in [-0.05, 0) is 98.8 Å². The van der Waals surface area contributed by atoms with Crippen molar-refractivity contribution in [2.24, 2.45) is 0 Å². The number of carbonyl (C=O) groups excluding carboxylic acids is 1. The van der Waals surface area contributed by atoms with E-state index in [1.165, 1.54) is 73.9 Å². The van der Waals surface area contributed by atoms with Gasteiger partial charge >= 0.3 is 0 Å². The number of hydrogen-bond donors (Lipinski definition) is 1. The van der Waals surface area contributed by atoms with Gasteiger partial charge in [0.25, 0.3) is 5.91 Å². The Balaban J connectivity index is 1.28. The van der Waals surface area contributed by atoms with Crippen LogP contribution in [0, 0.1) is 0 Å². The number of rotatable bonds is 4. The number of amides is 1. The number of benzene rings is 2. The zero-order chi connectivity index (χ0) is 18.9. The lowest BCUT2D eigenvalue weighted by Gasteiger charge is -2.32. The molecule has 1 amide bonds. The van der Waals surface area contributed by atoms with Gasteiger partial charge in [-0.25, -0.2) is 0 Å². The van der Waals surface area contributed by atoms with Crippen molar-refractivity contribution in [1.29, 1.82) is 0 Å². The first-order chi connectivity index (χ1) is 13.8. The SMILES string of the molecule is O=C(NC1CCC1)c1ccc(-c2ccc3c(c2)CCC(N2CCCC2)C3)cc1. The van der Waals surface area contributed by atoms with Crippen LogP contribution in [-0.4, -0.2) is 36.0 Å². The number of nitrogens with one attached hydrogen (secondary N) is 1. The summed E-state index contributed by atoms with van der Waals surface area (Å²) in [6.07, 6.45) is 9.91. The number of fused-ring (bicyclic) bond motifs is 1. The Labute approximate surface area is 168 Å². The number of nitrogens with zero attached hydrogens (tertiary/aromatic N) is 1. The topological polar surface area (TPSA) is 32.3 Å². The van der Waals surface area contributed by atoms with E-state index >= 15 is 0 Å². The van der Waals surface area contributed by atoms with Gasteiger partial charge in [0.2, 0.25) is 0 Å². The average molecular weight is 375 g/mol. The van der Waals surface area contributed by atoms with Crippen LogP contribution in [0.1, 0.15) is 60.0 Å². The van der Waals surface area contributed by atoms with E-state index in [-0.39, 0.29) is 5.91 Å². The van der Waals surface area contributed by atoms with Gasteiger partial charge in [0.15, 0.2) is 0 Å². The van der Waals surface area contributed by atoms with Crippen LogP contribution in [0.5, 0.6) is 0 Å². The van der Waals surface area contributed by atoms with E-state index in [4.69, 9.17) is 0 Å². The molecule has 2 aromatic carbocycles. The fraction of sp³-hybridized carbons (Fsp3) is 0.480. The molecule has 5 rings (SSSR count). The van der Waals surface area contributed by atoms with Gasteiger partial charge in [-0.1, -0.05) is 30.3 Å². The summed E-state index contributed by atoms with van der Waals surface area (Å²) < 4.78 is 0. The summed E-state index contributed by atoms with van der Waals surface area (Å²) in [5.74, 6) is 0.0645. The molecule has 1 aliphatic heterocycles. The molecule has 1 atom stereocenters. The summed E-state index contributed by atoms with van der Waals surface area (Å²) in [7, 11) is 0. The summed E-state index contributed by atoms with van der Waals surface area (Å²) in [4.78, 5) is 15.0. The summed E-state index contributed by atoms with van der Waals surface area (Å²) in [5.41, 5.74) is 6.28. The summed E-state index contributed by atoms with van der Waals surface area (Å²) in [6, 6.07) is 16.2. The molecule has 1 saturated carbocycles. The standard InChI is InChI=1S/C25H30N2O/c28-25(26-23-4-3-5-23)19-8-6-18(7-9-19)20-10-11-22-17-24(13-12-21(22)16-20)27-14-1-2-15-27/h6-11,16,23-24H,1-5,12-15,17H2,(H,26,28). The summed E-state index contributed by atoms with van der Waals surface area (Å²) in [6.45, 7) is 2.58. The molecule has 1 heterocycles. The van der Waals surface area contributed by atoms with Gasteiger partial charge in [-0.15, -0.1) is 0 Å². The van der Waals surface area contributed by atoms with Crippen molar-refractivity contribution < 1.29 is 4.79 Å². The molecule has 2 aromatic rings. The monoisotopic (exact) mass is 374 g/mol. The van der Waals surface area contributed by atoms with E-state index in [2.05, 4.69) is 40.5 Å². The molecule has 0 bridgehead atoms. The molecule has 3 heteroatoms. The van der Waals surface area contributed by atoms with E-state index in [9.17, 15) is 4.79 Å². The normalized spacial score (nSPS) is 22.5. The van der Waals surface area contributed by atoms with Crippen molar-refractivity contribution in [3.05, 3.63) is 59.2 Å². The van der Waals surface area contributed by atoms with Gasteiger partial charge in [0, 0.05) is 17.6 Å². The van der Waals surface area contributed by atoms with Gasteiger partial charge in [-0.3, -0.25) is 4.79 Å². The van der Waals surface area contributed by atoms with E-state index in [0.717, 1.165) is 24.4 Å². The van der Waals surface area contributed by atoms with E-state index in [0.29, 0.717) is 6.04 Å². The maximum atomic E-state index is 12.3. The highest BCUT2D eigenvalue weighted by Crippen LogP contribution is 2.30. The second-order valence-electron chi connectivity index (χ2n) is 8.80. The summed E-state index contributed by atoms with van der Waals surface area (Å²) in [5, 5.41) is 3.12. The third kappa shape index (κ3) is 3.60. The van der Waals surface area contributed by atoms with Crippen molar-refractivity contribution in [2.75, 3.05) is 13.1 Å². The third-order valence-corrected chi connectivity index (χ3v) is 6.99. The maximum absolute atomic E-state index is 12.3. The Morgan fingerprint density at radius 2 is 1.61 bits per heavy atom. The highest BCUT2D eigenvalue weighted by Gasteiger charge is 2.26. The summed E-state index contributed by atoms with van der Waals surface area (Å²) >= 11 is 0. The van der Waals surface area contributed by atoms with Crippen molar-refractivity contribution in [2.45, 2.75) is 63.5 Å². The Kier molecular flexibility index (Phi) is 4.94. The van der Waals surface area contributed by atoms with Crippen molar-refractivity contribution in [3.8, 4) is 11.1 Å². The molecule has 3 nitrogen and oxygen atoms in total. The highest BCUT2D eigenvalue weighted by molar-refractivity contribution is 5.95. The van der Waals surface area contributed by atoms with Crippen LogP contribution in [0.2, 0.25) is 0 Å². The first-order valence-corrected chi connectivity index (χ1v) is 11.0. The van der Waals surface area contributed by atoms with Crippen molar-refractivity contribution >= 4 is 5.91 Å². The molecule has 1 unspecified atom stereocenters. The zero-order valence-electron chi connectivity index (χ0n) is 16.6. The lowest BCUT2D eigenvalue weighted by Crippen LogP contribution is -2.39. The van der Waals surface area contributed by atoms with Crippen LogP contribution >= 0.6 is 0 Å². The first-order valence-electron chi connectivity index (χ1n) is 11.0. The van der Waals surface area contributed by atoms with Crippen molar-refractivity contribution in [3.63, 3.8) is 0 Å². The molecule has 146 valence electrons. The molecule has 1 N–H and O–H groups in total. The lowest BCUT2D eigenvalue weighted by molar-refractivity contribution is 0.0917. The largest absolute Gasteiger partial charge is 0.349 e. The van der Waals surface area contributed by atoms with Crippen LogP contribution in [-0.2, 0) is 12.8 Å². The van der Waals surface area contributed by atoms with E-state index in [1.54, 1.807) is 0 Å². The van der Waals surface area contributed by atoms with Gasteiger partial charge in [0.1, 0.15) is 0 Å². The first kappa shape index (κ1) is 17.9. The minimum Gasteiger partial charge on any atom is -0.349 e. The second-order valence-corrected chi connectivity index (χ2v) is 8.80. The Morgan fingerprint density at radius 1 is 0.857 bits per heavy atom. The van der Waals surface area contributed by atoms with Gasteiger partial charge in [-0.2, -0.15) is 0 Å². The Morgan fingerprint density at radius 3 is 2.32 bits per heavy atom. The minimum absolute atomic E-state index is 0.0645. The molecule has 2 fully saturated rings. The van der Waals surface area contributed by atoms with Crippen molar-refractivity contribution in [1.82, 2.24) is 10.2 Å². The average Bonchev–Trinajstić information content (AvgIpc) is 3.25. The van der Waals surface area contributed by atoms with Crippen LogP contribution in [0.25, 0.3) is 11.1 Å². The van der Waals surface area contributed by atoms with E-state index < -0.39 is 0 Å². The number of aryl methyl sites for hydroxylation is 1. The zero-order valence-corrected chi connectivity index (χ0v) is 16.6. The van der Waals surface area contributed by atoms with E-state index in [1.807, 2.05) is 12.1 Å². The molecule has 0 aromatic heterocycles.